The van der Waals surface area contributed by atoms with Crippen LogP contribution in [0, 0.1) is 6.92 Å². The van der Waals surface area contributed by atoms with E-state index in [9.17, 15) is 0 Å². The van der Waals surface area contributed by atoms with Gasteiger partial charge in [0.05, 0.1) is 0 Å². The number of benzene rings is 1. The first kappa shape index (κ1) is 15.9. The molecule has 0 N–H and O–H groups in total. The average molecular weight is 329 g/mol. The first-order chi connectivity index (χ1) is 8.13. The summed E-state index contributed by atoms with van der Waals surface area (Å²) >= 11 is 3.62. The van der Waals surface area contributed by atoms with Gasteiger partial charge in [-0.05, 0) is 48.7 Å². The van der Waals surface area contributed by atoms with E-state index in [2.05, 4.69) is 74.9 Å². The number of hydrogen-bond donors (Lipinski definition) is 0. The van der Waals surface area contributed by atoms with Crippen molar-refractivity contribution in [2.45, 2.75) is 52.2 Å². The third kappa shape index (κ3) is 4.21. The average Bonchev–Trinajstić information content (AvgIpc) is 2.19. The molecule has 0 heterocycles. The van der Waals surface area contributed by atoms with Gasteiger partial charge in [0.1, 0.15) is 0 Å². The van der Waals surface area contributed by atoms with Gasteiger partial charge in [0.25, 0.3) is 0 Å². The molecule has 3 heteroatoms. The van der Waals surface area contributed by atoms with Gasteiger partial charge in [-0.15, -0.1) is 0 Å². The highest BCUT2D eigenvalue weighted by Crippen LogP contribution is 2.36. The zero-order chi connectivity index (χ0) is 14.0. The van der Waals surface area contributed by atoms with Crippen molar-refractivity contribution in [1.82, 2.24) is 0 Å². The lowest BCUT2D eigenvalue weighted by Gasteiger charge is -2.36. The summed E-state index contributed by atoms with van der Waals surface area (Å²) in [6.45, 7) is 14.4. The van der Waals surface area contributed by atoms with E-state index in [1.54, 1.807) is 0 Å². The van der Waals surface area contributed by atoms with E-state index in [4.69, 9.17) is 4.43 Å². The molecule has 0 amide bonds. The highest BCUT2D eigenvalue weighted by atomic mass is 79.9. The van der Waals surface area contributed by atoms with Crippen molar-refractivity contribution >= 4 is 24.2 Å². The van der Waals surface area contributed by atoms with Crippen LogP contribution < -0.4 is 0 Å². The van der Waals surface area contributed by atoms with Crippen LogP contribution in [0.3, 0.4) is 0 Å². The molecule has 0 saturated carbocycles. The normalized spacial score (nSPS) is 12.8. The monoisotopic (exact) mass is 328 g/mol. The Labute approximate surface area is 121 Å². The zero-order valence-electron chi connectivity index (χ0n) is 12.4. The van der Waals surface area contributed by atoms with E-state index in [0.29, 0.717) is 0 Å². The molecule has 18 heavy (non-hydrogen) atoms. The van der Waals surface area contributed by atoms with Gasteiger partial charge in [0.2, 0.25) is 0 Å². The second-order valence-electron chi connectivity index (χ2n) is 6.45. The van der Waals surface area contributed by atoms with Gasteiger partial charge in [0.15, 0.2) is 8.32 Å². The van der Waals surface area contributed by atoms with E-state index in [1.807, 2.05) is 0 Å². The number of aryl methyl sites for hydroxylation is 1. The fourth-order valence-corrected chi connectivity index (χ4v) is 3.22. The van der Waals surface area contributed by atoms with E-state index in [1.165, 1.54) is 15.6 Å². The van der Waals surface area contributed by atoms with Crippen LogP contribution >= 0.6 is 15.9 Å². The van der Waals surface area contributed by atoms with Gasteiger partial charge in [-0.2, -0.15) is 0 Å². The highest BCUT2D eigenvalue weighted by molar-refractivity contribution is 9.10. The van der Waals surface area contributed by atoms with Gasteiger partial charge in [-0.25, -0.2) is 0 Å². The Hall–Kier alpha value is -0.123. The fraction of sp³-hybridized carbons (Fsp3) is 0.600. The topological polar surface area (TPSA) is 9.23 Å². The van der Waals surface area contributed by atoms with Crippen molar-refractivity contribution in [1.29, 1.82) is 0 Å². The standard InChI is InChI=1S/C15H25BrOSi/c1-12-7-8-13(14(16)11-12)9-10-17-18(5,6)15(2,3)4/h7-8,11H,9-10H2,1-6H3. The predicted octanol–water partition coefficient (Wildman–Crippen LogP) is 5.32. The molecule has 1 nitrogen and oxygen atoms in total. The minimum absolute atomic E-state index is 0.289. The molecule has 0 aliphatic rings. The maximum atomic E-state index is 6.20. The largest absolute Gasteiger partial charge is 0.416 e. The van der Waals surface area contributed by atoms with Crippen LogP contribution in [-0.2, 0) is 10.8 Å². The maximum absolute atomic E-state index is 6.20. The van der Waals surface area contributed by atoms with Crippen molar-refractivity contribution in [2.24, 2.45) is 0 Å². The molecule has 1 aromatic carbocycles. The van der Waals surface area contributed by atoms with Gasteiger partial charge in [0, 0.05) is 11.1 Å². The Morgan fingerprint density at radius 1 is 1.22 bits per heavy atom. The third-order valence-electron chi connectivity index (χ3n) is 3.85. The Morgan fingerprint density at radius 2 is 1.83 bits per heavy atom. The van der Waals surface area contributed by atoms with Crippen molar-refractivity contribution < 1.29 is 4.43 Å². The Morgan fingerprint density at radius 3 is 2.33 bits per heavy atom. The van der Waals surface area contributed by atoms with Crippen LogP contribution in [0.1, 0.15) is 31.9 Å². The molecule has 0 bridgehead atoms. The lowest BCUT2D eigenvalue weighted by atomic mass is 10.1. The van der Waals surface area contributed by atoms with Gasteiger partial charge >= 0.3 is 0 Å². The molecule has 102 valence electrons. The molecule has 0 saturated heterocycles. The second-order valence-corrected chi connectivity index (χ2v) is 12.1. The summed E-state index contributed by atoms with van der Waals surface area (Å²) in [6.07, 6.45) is 0.980. The minimum Gasteiger partial charge on any atom is -0.416 e. The van der Waals surface area contributed by atoms with Crippen molar-refractivity contribution in [2.75, 3.05) is 6.61 Å². The molecule has 1 rings (SSSR count). The first-order valence-corrected chi connectivity index (χ1v) is 10.2. The Kier molecular flexibility index (Phi) is 5.21. The summed E-state index contributed by atoms with van der Waals surface area (Å²) < 4.78 is 7.40. The number of halogens is 1. The van der Waals surface area contributed by atoms with Crippen LogP contribution in [0.15, 0.2) is 22.7 Å². The molecule has 0 aliphatic carbocycles. The lowest BCUT2D eigenvalue weighted by Crippen LogP contribution is -2.41. The Balaban J connectivity index is 2.57. The van der Waals surface area contributed by atoms with E-state index < -0.39 is 8.32 Å². The minimum atomic E-state index is -1.60. The summed E-state index contributed by atoms with van der Waals surface area (Å²) in [5.41, 5.74) is 2.62. The van der Waals surface area contributed by atoms with Crippen LogP contribution in [-0.4, -0.2) is 14.9 Å². The lowest BCUT2D eigenvalue weighted by molar-refractivity contribution is 0.292. The third-order valence-corrected chi connectivity index (χ3v) is 9.13. The van der Waals surface area contributed by atoms with E-state index in [-0.39, 0.29) is 5.04 Å². The summed E-state index contributed by atoms with van der Waals surface area (Å²) in [7, 11) is -1.60. The summed E-state index contributed by atoms with van der Waals surface area (Å²) in [6, 6.07) is 6.52. The second kappa shape index (κ2) is 5.89. The molecule has 1 aromatic rings. The Bertz CT molecular complexity index is 407. The van der Waals surface area contributed by atoms with Gasteiger partial charge < -0.3 is 4.43 Å². The number of rotatable bonds is 4. The molecule has 0 spiro atoms. The van der Waals surface area contributed by atoms with Crippen molar-refractivity contribution in [3.05, 3.63) is 33.8 Å². The number of hydrogen-bond acceptors (Lipinski definition) is 1. The molecular weight excluding hydrogens is 304 g/mol. The molecule has 0 aromatic heterocycles. The molecule has 0 atom stereocenters. The summed E-state index contributed by atoms with van der Waals surface area (Å²) in [5, 5.41) is 0.289. The van der Waals surface area contributed by atoms with Crippen molar-refractivity contribution in [3.8, 4) is 0 Å². The van der Waals surface area contributed by atoms with E-state index >= 15 is 0 Å². The molecule has 0 aliphatic heterocycles. The van der Waals surface area contributed by atoms with Crippen LogP contribution in [0.25, 0.3) is 0 Å². The molecule has 0 unspecified atom stereocenters. The molecular formula is C15H25BrOSi. The summed E-state index contributed by atoms with van der Waals surface area (Å²) in [4.78, 5) is 0. The van der Waals surface area contributed by atoms with Gasteiger partial charge in [-0.1, -0.05) is 48.8 Å². The van der Waals surface area contributed by atoms with Crippen LogP contribution in [0.5, 0.6) is 0 Å². The SMILES string of the molecule is Cc1ccc(CCO[Si](C)(C)C(C)(C)C)c(Br)c1. The fourth-order valence-electron chi connectivity index (χ4n) is 1.49. The zero-order valence-corrected chi connectivity index (χ0v) is 15.0. The van der Waals surface area contributed by atoms with Crippen molar-refractivity contribution in [3.63, 3.8) is 0 Å². The van der Waals surface area contributed by atoms with Crippen LogP contribution in [0.2, 0.25) is 18.1 Å². The summed E-state index contributed by atoms with van der Waals surface area (Å²) in [5.74, 6) is 0. The molecule has 0 fully saturated rings. The predicted molar refractivity (Wildman–Crippen MR) is 85.7 cm³/mol. The highest BCUT2D eigenvalue weighted by Gasteiger charge is 2.36. The van der Waals surface area contributed by atoms with E-state index in [0.717, 1.165) is 13.0 Å². The molecule has 0 radical (unpaired) electrons. The smallest absolute Gasteiger partial charge is 0.191 e. The first-order valence-electron chi connectivity index (χ1n) is 6.52. The maximum Gasteiger partial charge on any atom is 0.191 e. The van der Waals surface area contributed by atoms with Gasteiger partial charge in [-0.3, -0.25) is 0 Å². The van der Waals surface area contributed by atoms with Crippen LogP contribution in [0.4, 0.5) is 0 Å². The quantitative estimate of drug-likeness (QED) is 0.679.